The molecule has 26 heavy (non-hydrogen) atoms. The van der Waals surface area contributed by atoms with Gasteiger partial charge >= 0.3 is 0 Å². The van der Waals surface area contributed by atoms with E-state index >= 15 is 0 Å². The van der Waals surface area contributed by atoms with Gasteiger partial charge in [0.2, 0.25) is 5.91 Å². The van der Waals surface area contributed by atoms with Crippen LogP contribution in [0.15, 0.2) is 36.7 Å². The van der Waals surface area contributed by atoms with Crippen molar-refractivity contribution < 1.29 is 9.59 Å². The summed E-state index contributed by atoms with van der Waals surface area (Å²) in [5.74, 6) is -0.248. The molecule has 1 aliphatic carbocycles. The Hall–Kier alpha value is -2.83. The first-order chi connectivity index (χ1) is 12.5. The van der Waals surface area contributed by atoms with Gasteiger partial charge in [0, 0.05) is 37.6 Å². The summed E-state index contributed by atoms with van der Waals surface area (Å²) in [6.07, 6.45) is 7.68. The average Bonchev–Trinajstić information content (AvgIpc) is 3.27. The van der Waals surface area contributed by atoms with E-state index in [1.165, 1.54) is 17.5 Å². The number of benzene rings is 1. The first-order valence-electron chi connectivity index (χ1n) is 8.92. The number of nitrogens with zero attached hydrogens (tertiary/aromatic N) is 3. The molecule has 0 bridgehead atoms. The Bertz CT molecular complexity index is 760. The molecule has 7 heteroatoms. The molecule has 1 aromatic heterocycles. The molecule has 0 saturated heterocycles. The number of hydrogen-bond acceptors (Lipinski definition) is 4. The highest BCUT2D eigenvalue weighted by Crippen LogP contribution is 2.17. The number of hydrogen-bond donors (Lipinski definition) is 2. The van der Waals surface area contributed by atoms with E-state index in [1.807, 2.05) is 31.1 Å². The molecule has 1 aromatic carbocycles. The van der Waals surface area contributed by atoms with Gasteiger partial charge in [-0.3, -0.25) is 14.3 Å². The van der Waals surface area contributed by atoms with E-state index < -0.39 is 0 Å². The van der Waals surface area contributed by atoms with Crippen LogP contribution in [0.25, 0.3) is 0 Å². The zero-order valence-corrected chi connectivity index (χ0v) is 15.2. The number of amides is 2. The SMILES string of the molecule is CN(C)c1ccc(C(=O)Nc2cnn(CC(=O)NC3CCCC3)c2)cc1. The predicted molar refractivity (Wildman–Crippen MR) is 101 cm³/mol. The van der Waals surface area contributed by atoms with Crippen molar-refractivity contribution in [2.45, 2.75) is 38.3 Å². The van der Waals surface area contributed by atoms with E-state index in [0.29, 0.717) is 17.3 Å². The summed E-state index contributed by atoms with van der Waals surface area (Å²) in [5, 5.41) is 9.98. The highest BCUT2D eigenvalue weighted by atomic mass is 16.2. The van der Waals surface area contributed by atoms with E-state index in [9.17, 15) is 9.59 Å². The summed E-state index contributed by atoms with van der Waals surface area (Å²) in [5.41, 5.74) is 2.17. The number of nitrogens with one attached hydrogen (secondary N) is 2. The van der Waals surface area contributed by atoms with Crippen molar-refractivity contribution in [3.63, 3.8) is 0 Å². The van der Waals surface area contributed by atoms with Gasteiger partial charge in [0.05, 0.1) is 11.9 Å². The lowest BCUT2D eigenvalue weighted by atomic mass is 10.2. The fourth-order valence-electron chi connectivity index (χ4n) is 3.12. The normalized spacial score (nSPS) is 14.2. The number of carbonyl (C=O) groups excluding carboxylic acids is 2. The summed E-state index contributed by atoms with van der Waals surface area (Å²) in [4.78, 5) is 26.3. The Morgan fingerprint density at radius 3 is 2.54 bits per heavy atom. The fourth-order valence-corrected chi connectivity index (χ4v) is 3.12. The molecule has 0 spiro atoms. The van der Waals surface area contributed by atoms with E-state index in [2.05, 4.69) is 15.7 Å². The molecule has 1 aliphatic rings. The average molecular weight is 355 g/mol. The van der Waals surface area contributed by atoms with E-state index in [0.717, 1.165) is 18.5 Å². The zero-order valence-electron chi connectivity index (χ0n) is 15.2. The molecular formula is C19H25N5O2. The monoisotopic (exact) mass is 355 g/mol. The zero-order chi connectivity index (χ0) is 18.5. The molecule has 0 unspecified atom stereocenters. The Morgan fingerprint density at radius 1 is 1.19 bits per heavy atom. The van der Waals surface area contributed by atoms with E-state index in [4.69, 9.17) is 0 Å². The van der Waals surface area contributed by atoms with Crippen molar-refractivity contribution in [2.75, 3.05) is 24.3 Å². The van der Waals surface area contributed by atoms with Crippen LogP contribution in [0.5, 0.6) is 0 Å². The van der Waals surface area contributed by atoms with Gasteiger partial charge in [0.15, 0.2) is 0 Å². The molecule has 0 atom stereocenters. The van der Waals surface area contributed by atoms with Crippen molar-refractivity contribution in [1.29, 1.82) is 0 Å². The lowest BCUT2D eigenvalue weighted by molar-refractivity contribution is -0.122. The summed E-state index contributed by atoms with van der Waals surface area (Å²) in [6, 6.07) is 7.65. The smallest absolute Gasteiger partial charge is 0.255 e. The summed E-state index contributed by atoms with van der Waals surface area (Å²) in [6.45, 7) is 0.157. The van der Waals surface area contributed by atoms with E-state index in [1.54, 1.807) is 24.5 Å². The Kier molecular flexibility index (Phi) is 5.55. The lowest BCUT2D eigenvalue weighted by Gasteiger charge is -2.12. The Morgan fingerprint density at radius 2 is 1.88 bits per heavy atom. The number of aromatic nitrogens is 2. The van der Waals surface area contributed by atoms with Crippen molar-refractivity contribution in [2.24, 2.45) is 0 Å². The number of anilines is 2. The van der Waals surface area contributed by atoms with Gasteiger partial charge in [-0.2, -0.15) is 5.10 Å². The molecule has 0 radical (unpaired) electrons. The third-order valence-electron chi connectivity index (χ3n) is 4.56. The van der Waals surface area contributed by atoms with Gasteiger partial charge in [0.1, 0.15) is 6.54 Å². The maximum absolute atomic E-state index is 12.3. The first-order valence-corrected chi connectivity index (χ1v) is 8.92. The summed E-state index contributed by atoms with van der Waals surface area (Å²) >= 11 is 0. The second kappa shape index (κ2) is 8.03. The van der Waals surface area contributed by atoms with Gasteiger partial charge in [-0.25, -0.2) is 0 Å². The van der Waals surface area contributed by atoms with Gasteiger partial charge in [-0.15, -0.1) is 0 Å². The summed E-state index contributed by atoms with van der Waals surface area (Å²) < 4.78 is 1.54. The minimum atomic E-state index is -0.203. The highest BCUT2D eigenvalue weighted by molar-refractivity contribution is 6.04. The van der Waals surface area contributed by atoms with Crippen LogP contribution in [0, 0.1) is 0 Å². The van der Waals surface area contributed by atoms with Gasteiger partial charge in [-0.05, 0) is 37.1 Å². The van der Waals surface area contributed by atoms with Gasteiger partial charge in [0.25, 0.3) is 5.91 Å². The van der Waals surface area contributed by atoms with Crippen molar-refractivity contribution in [1.82, 2.24) is 15.1 Å². The second-order valence-electron chi connectivity index (χ2n) is 6.87. The molecule has 1 saturated carbocycles. The lowest BCUT2D eigenvalue weighted by Crippen LogP contribution is -2.35. The Balaban J connectivity index is 1.53. The van der Waals surface area contributed by atoms with Crippen LogP contribution in [0.4, 0.5) is 11.4 Å². The molecule has 1 fully saturated rings. The maximum Gasteiger partial charge on any atom is 0.255 e. The molecule has 0 aliphatic heterocycles. The summed E-state index contributed by atoms with van der Waals surface area (Å²) in [7, 11) is 3.90. The third kappa shape index (κ3) is 4.62. The number of rotatable bonds is 6. The fraction of sp³-hybridized carbons (Fsp3) is 0.421. The molecule has 2 aromatic rings. The van der Waals surface area contributed by atoms with Crippen molar-refractivity contribution in [3.05, 3.63) is 42.2 Å². The molecular weight excluding hydrogens is 330 g/mol. The largest absolute Gasteiger partial charge is 0.378 e. The van der Waals surface area contributed by atoms with Gasteiger partial charge < -0.3 is 15.5 Å². The molecule has 3 rings (SSSR count). The molecule has 7 nitrogen and oxygen atoms in total. The first kappa shape index (κ1) is 18.0. The maximum atomic E-state index is 12.3. The quantitative estimate of drug-likeness (QED) is 0.833. The van der Waals surface area contributed by atoms with Crippen molar-refractivity contribution >= 4 is 23.2 Å². The van der Waals surface area contributed by atoms with Crippen LogP contribution in [-0.4, -0.2) is 41.7 Å². The standard InChI is InChI=1S/C19H25N5O2/c1-23(2)17-9-7-14(8-10-17)19(26)22-16-11-20-24(12-16)13-18(25)21-15-5-3-4-6-15/h7-12,15H,3-6,13H2,1-2H3,(H,21,25)(H,22,26). The van der Waals surface area contributed by atoms with Crippen molar-refractivity contribution in [3.8, 4) is 0 Å². The molecule has 1 heterocycles. The Labute approximate surface area is 153 Å². The second-order valence-corrected chi connectivity index (χ2v) is 6.87. The van der Waals surface area contributed by atoms with Crippen LogP contribution in [0.1, 0.15) is 36.0 Å². The minimum absolute atomic E-state index is 0.0443. The molecule has 2 amide bonds. The third-order valence-corrected chi connectivity index (χ3v) is 4.56. The van der Waals surface area contributed by atoms with E-state index in [-0.39, 0.29) is 18.4 Å². The van der Waals surface area contributed by atoms with Crippen LogP contribution < -0.4 is 15.5 Å². The minimum Gasteiger partial charge on any atom is -0.378 e. The molecule has 2 N–H and O–H groups in total. The topological polar surface area (TPSA) is 79.3 Å². The highest BCUT2D eigenvalue weighted by Gasteiger charge is 2.17. The molecule has 138 valence electrons. The van der Waals surface area contributed by atoms with Crippen LogP contribution in [0.3, 0.4) is 0 Å². The van der Waals surface area contributed by atoms with Crippen LogP contribution in [0.2, 0.25) is 0 Å². The van der Waals surface area contributed by atoms with Crippen LogP contribution >= 0.6 is 0 Å². The van der Waals surface area contributed by atoms with Crippen LogP contribution in [-0.2, 0) is 11.3 Å². The number of carbonyl (C=O) groups is 2. The van der Waals surface area contributed by atoms with Gasteiger partial charge in [-0.1, -0.05) is 12.8 Å². The predicted octanol–water partition coefficient (Wildman–Crippen LogP) is 2.26.